The average molecular weight is 321 g/mol. The van der Waals surface area contributed by atoms with Gasteiger partial charge in [-0.1, -0.05) is 29.8 Å². The van der Waals surface area contributed by atoms with Crippen LogP contribution < -0.4 is 9.47 Å². The van der Waals surface area contributed by atoms with Gasteiger partial charge in [0, 0.05) is 21.9 Å². The molecule has 0 atom stereocenters. The first-order chi connectivity index (χ1) is 11.7. The summed E-state index contributed by atoms with van der Waals surface area (Å²) in [5.41, 5.74) is 11.4. The van der Waals surface area contributed by atoms with Crippen molar-refractivity contribution < 1.29 is 9.47 Å². The number of aryl methyl sites for hydroxylation is 1. The minimum Gasteiger partial charge on any atom is -0.493 e. The monoisotopic (exact) mass is 321 g/mol. The largest absolute Gasteiger partial charge is 0.493 e. The number of fused-ring (bicyclic) bond motifs is 1. The van der Waals surface area contributed by atoms with Crippen LogP contribution in [0.15, 0.2) is 41.5 Å². The van der Waals surface area contributed by atoms with Crippen LogP contribution in [0.4, 0.5) is 5.82 Å². The molecule has 2 aromatic carbocycles. The second-order valence-corrected chi connectivity index (χ2v) is 5.15. The maximum Gasteiger partial charge on any atom is 0.162 e. The Labute approximate surface area is 138 Å². The number of hydrogen-bond donors (Lipinski definition) is 0. The minimum atomic E-state index is 0.249. The van der Waals surface area contributed by atoms with Crippen LogP contribution in [0, 0.1) is 6.92 Å². The molecular weight excluding hydrogens is 306 g/mol. The number of benzene rings is 2. The number of rotatable bonds is 4. The zero-order valence-electron chi connectivity index (χ0n) is 13.5. The van der Waals surface area contributed by atoms with Crippen LogP contribution in [0.5, 0.6) is 11.5 Å². The van der Waals surface area contributed by atoms with Gasteiger partial charge in [0.1, 0.15) is 5.82 Å². The molecule has 0 unspecified atom stereocenters. The van der Waals surface area contributed by atoms with Crippen molar-refractivity contribution in [3.05, 3.63) is 52.4 Å². The molecule has 0 N–H and O–H groups in total. The first-order valence-electron chi connectivity index (χ1n) is 7.22. The summed E-state index contributed by atoms with van der Waals surface area (Å²) in [6.07, 6.45) is 0. The Morgan fingerprint density at radius 1 is 1.00 bits per heavy atom. The number of methoxy groups -OCH3 is 2. The molecule has 0 radical (unpaired) electrons. The molecule has 0 amide bonds. The molecule has 0 bridgehead atoms. The third-order valence-corrected chi connectivity index (χ3v) is 3.63. The van der Waals surface area contributed by atoms with Crippen LogP contribution in [0.25, 0.3) is 32.7 Å². The van der Waals surface area contributed by atoms with Crippen LogP contribution >= 0.6 is 0 Å². The number of hydrogen-bond acceptors (Lipinski definition) is 5. The first kappa shape index (κ1) is 15.6. The molecule has 0 saturated heterocycles. The molecule has 0 aliphatic heterocycles. The molecule has 0 fully saturated rings. The summed E-state index contributed by atoms with van der Waals surface area (Å²) in [5, 5.41) is 4.30. The predicted molar refractivity (Wildman–Crippen MR) is 91.6 cm³/mol. The normalized spacial score (nSPS) is 10.3. The Bertz CT molecular complexity index is 947. The van der Waals surface area contributed by atoms with Gasteiger partial charge in [0.25, 0.3) is 0 Å². The molecular formula is C17H15N5O2. The van der Waals surface area contributed by atoms with Crippen LogP contribution in [-0.2, 0) is 0 Å². The van der Waals surface area contributed by atoms with Gasteiger partial charge in [-0.05, 0) is 23.6 Å². The topological polar surface area (TPSA) is 93.0 Å². The predicted octanol–water partition coefficient (Wildman–Crippen LogP) is 4.56. The zero-order valence-corrected chi connectivity index (χ0v) is 13.5. The van der Waals surface area contributed by atoms with Crippen molar-refractivity contribution in [3.63, 3.8) is 0 Å². The number of aromatic nitrogens is 2. The van der Waals surface area contributed by atoms with Crippen molar-refractivity contribution in [1.29, 1.82) is 0 Å². The van der Waals surface area contributed by atoms with Crippen molar-refractivity contribution in [2.45, 2.75) is 6.92 Å². The Morgan fingerprint density at radius 2 is 1.67 bits per heavy atom. The van der Waals surface area contributed by atoms with E-state index in [1.165, 1.54) is 0 Å². The lowest BCUT2D eigenvalue weighted by Crippen LogP contribution is -1.95. The quantitative estimate of drug-likeness (QED) is 0.400. The van der Waals surface area contributed by atoms with E-state index in [1.54, 1.807) is 26.4 Å². The molecule has 7 heteroatoms. The van der Waals surface area contributed by atoms with E-state index in [4.69, 9.17) is 15.0 Å². The van der Waals surface area contributed by atoms with Gasteiger partial charge in [-0.15, -0.1) is 0 Å². The molecule has 120 valence electrons. The molecule has 0 aliphatic carbocycles. The molecule has 0 spiro atoms. The van der Waals surface area contributed by atoms with Gasteiger partial charge >= 0.3 is 0 Å². The summed E-state index contributed by atoms with van der Waals surface area (Å²) in [7, 11) is 3.10. The van der Waals surface area contributed by atoms with Gasteiger partial charge in [0.05, 0.1) is 19.7 Å². The third kappa shape index (κ3) is 2.80. The standard InChI is InChI=1S/C17H15N5O2/c1-10-4-6-11(7-5-10)16-19-13-9-15(24-3)14(23-2)8-12(13)17(20-16)21-22-18/h4-9H,1-3H3. The van der Waals surface area contributed by atoms with Crippen molar-refractivity contribution in [3.8, 4) is 22.9 Å². The summed E-state index contributed by atoms with van der Waals surface area (Å²) in [4.78, 5) is 11.8. The van der Waals surface area contributed by atoms with Gasteiger partial charge in [0.2, 0.25) is 0 Å². The first-order valence-corrected chi connectivity index (χ1v) is 7.22. The second kappa shape index (κ2) is 6.44. The van der Waals surface area contributed by atoms with E-state index in [0.29, 0.717) is 28.2 Å². The average Bonchev–Trinajstić information content (AvgIpc) is 2.61. The molecule has 1 aromatic heterocycles. The van der Waals surface area contributed by atoms with Crippen LogP contribution in [0.1, 0.15) is 5.56 Å². The fraction of sp³-hybridized carbons (Fsp3) is 0.176. The van der Waals surface area contributed by atoms with Crippen molar-refractivity contribution in [2.24, 2.45) is 5.11 Å². The Kier molecular flexibility index (Phi) is 4.18. The highest BCUT2D eigenvalue weighted by Gasteiger charge is 2.13. The fourth-order valence-electron chi connectivity index (χ4n) is 2.39. The van der Waals surface area contributed by atoms with Gasteiger partial charge in [-0.3, -0.25) is 0 Å². The summed E-state index contributed by atoms with van der Waals surface area (Å²) in [5.74, 6) is 1.80. The van der Waals surface area contributed by atoms with Crippen molar-refractivity contribution in [1.82, 2.24) is 9.97 Å². The Hall–Kier alpha value is -3.31. The molecule has 0 aliphatic rings. The maximum atomic E-state index is 8.85. The Morgan fingerprint density at radius 3 is 2.29 bits per heavy atom. The van der Waals surface area contributed by atoms with E-state index in [0.717, 1.165) is 11.1 Å². The SMILES string of the molecule is COc1cc2nc(-c3ccc(C)cc3)nc(N=[N+]=[N-])c2cc1OC. The lowest BCUT2D eigenvalue weighted by molar-refractivity contribution is 0.356. The van der Waals surface area contributed by atoms with Crippen LogP contribution in [0.2, 0.25) is 0 Å². The summed E-state index contributed by atoms with van der Waals surface area (Å²) in [6, 6.07) is 11.3. The van der Waals surface area contributed by atoms with Gasteiger partial charge in [-0.25, -0.2) is 9.97 Å². The lowest BCUT2D eigenvalue weighted by atomic mass is 10.1. The van der Waals surface area contributed by atoms with E-state index in [1.807, 2.05) is 31.2 Å². The third-order valence-electron chi connectivity index (χ3n) is 3.63. The molecule has 1 heterocycles. The fourth-order valence-corrected chi connectivity index (χ4v) is 2.39. The van der Waals surface area contributed by atoms with E-state index >= 15 is 0 Å². The second-order valence-electron chi connectivity index (χ2n) is 5.15. The van der Waals surface area contributed by atoms with E-state index < -0.39 is 0 Å². The highest BCUT2D eigenvalue weighted by molar-refractivity contribution is 5.92. The summed E-state index contributed by atoms with van der Waals surface area (Å²) in [6.45, 7) is 2.01. The molecule has 3 aromatic rings. The Balaban J connectivity index is 2.29. The summed E-state index contributed by atoms with van der Waals surface area (Å²) < 4.78 is 10.6. The van der Waals surface area contributed by atoms with E-state index in [2.05, 4.69) is 20.0 Å². The van der Waals surface area contributed by atoms with Crippen molar-refractivity contribution in [2.75, 3.05) is 14.2 Å². The number of ether oxygens (including phenoxy) is 2. The lowest BCUT2D eigenvalue weighted by Gasteiger charge is -2.11. The molecule has 7 nitrogen and oxygen atoms in total. The minimum absolute atomic E-state index is 0.249. The number of azide groups is 1. The zero-order chi connectivity index (χ0) is 17.1. The van der Waals surface area contributed by atoms with Crippen molar-refractivity contribution >= 4 is 16.7 Å². The number of nitrogens with zero attached hydrogens (tertiary/aromatic N) is 5. The molecule has 24 heavy (non-hydrogen) atoms. The van der Waals surface area contributed by atoms with Gasteiger partial charge in [0.15, 0.2) is 17.3 Å². The molecule has 3 rings (SSSR count). The smallest absolute Gasteiger partial charge is 0.162 e. The van der Waals surface area contributed by atoms with E-state index in [-0.39, 0.29) is 5.82 Å². The van der Waals surface area contributed by atoms with Gasteiger partial charge < -0.3 is 9.47 Å². The summed E-state index contributed by atoms with van der Waals surface area (Å²) >= 11 is 0. The maximum absolute atomic E-state index is 8.85. The van der Waals surface area contributed by atoms with Crippen LogP contribution in [0.3, 0.4) is 0 Å². The molecule has 0 saturated carbocycles. The van der Waals surface area contributed by atoms with Gasteiger partial charge in [-0.2, -0.15) is 0 Å². The van der Waals surface area contributed by atoms with E-state index in [9.17, 15) is 0 Å². The highest BCUT2D eigenvalue weighted by atomic mass is 16.5. The highest BCUT2D eigenvalue weighted by Crippen LogP contribution is 2.36. The van der Waals surface area contributed by atoms with Crippen LogP contribution in [-0.4, -0.2) is 24.2 Å².